The second-order valence-electron chi connectivity index (χ2n) is 13.2. The first kappa shape index (κ1) is 34.1. The highest BCUT2D eigenvalue weighted by atomic mass is 16.6. The third-order valence-electron chi connectivity index (χ3n) is 9.66. The predicted molar refractivity (Wildman–Crippen MR) is 168 cm³/mol. The molecule has 2 aromatic carbocycles. The van der Waals surface area contributed by atoms with Crippen LogP contribution >= 0.6 is 0 Å². The maximum atomic E-state index is 13.6. The molecule has 1 aliphatic heterocycles. The Labute approximate surface area is 274 Å². The van der Waals surface area contributed by atoms with E-state index in [1.807, 2.05) is 30.3 Å². The average Bonchev–Trinajstić information content (AvgIpc) is 3.20. The van der Waals surface area contributed by atoms with E-state index in [0.29, 0.717) is 5.75 Å². The molecule has 2 aliphatic carbocycles. The van der Waals surface area contributed by atoms with Crippen molar-refractivity contribution in [2.24, 2.45) is 11.3 Å². The summed E-state index contributed by atoms with van der Waals surface area (Å²) >= 11 is 0. The molecule has 2 bridgehead atoms. The van der Waals surface area contributed by atoms with Crippen LogP contribution in [0.25, 0.3) is 6.08 Å². The number of rotatable bonds is 9. The number of aliphatic hydroxyl groups is 1. The maximum Gasteiger partial charge on any atom is 0.331 e. The van der Waals surface area contributed by atoms with Crippen molar-refractivity contribution in [3.63, 3.8) is 0 Å². The standard InChI is InChI=1S/C36H42O11/c1-22(37)42-21-35-27(46-28(40)18-17-25-13-9-7-10-14-25)19-20-34(6,41)36(35)31(44-24(3)39)29(33(4,5)47-36)30(43-23(2)38)32(35)45-26-15-11-8-12-16-26/h7-18,27,29-32,41H,19-21H2,1-6H3/b18-17+/t27-,29?,30+,31?,32+,34-,35?,36?/m0/s1. The molecule has 3 aliphatic rings. The summed E-state index contributed by atoms with van der Waals surface area (Å²) in [6, 6.07) is 17.9. The van der Waals surface area contributed by atoms with Crippen LogP contribution in [-0.2, 0) is 42.9 Å². The van der Waals surface area contributed by atoms with Gasteiger partial charge in [-0.2, -0.15) is 0 Å². The van der Waals surface area contributed by atoms with Gasteiger partial charge in [0.25, 0.3) is 0 Å². The molecule has 0 amide bonds. The Morgan fingerprint density at radius 1 is 0.851 bits per heavy atom. The fourth-order valence-corrected chi connectivity index (χ4v) is 8.03. The lowest BCUT2D eigenvalue weighted by Crippen LogP contribution is -2.84. The molecule has 4 unspecified atom stereocenters. The fourth-order valence-electron chi connectivity index (χ4n) is 8.03. The Hall–Kier alpha value is -4.22. The smallest absolute Gasteiger partial charge is 0.331 e. The molecule has 47 heavy (non-hydrogen) atoms. The third kappa shape index (κ3) is 6.02. The topological polar surface area (TPSA) is 144 Å². The quantitative estimate of drug-likeness (QED) is 0.237. The van der Waals surface area contributed by atoms with Gasteiger partial charge in [0.15, 0.2) is 11.7 Å². The normalized spacial score (nSPS) is 33.7. The number of esters is 4. The molecule has 2 saturated carbocycles. The lowest BCUT2D eigenvalue weighted by Gasteiger charge is -2.65. The molecule has 3 fully saturated rings. The Bertz CT molecular complexity index is 1520. The van der Waals surface area contributed by atoms with Crippen LogP contribution < -0.4 is 4.74 Å². The van der Waals surface area contributed by atoms with Gasteiger partial charge >= 0.3 is 23.9 Å². The van der Waals surface area contributed by atoms with Crippen molar-refractivity contribution in [3.8, 4) is 5.75 Å². The van der Waals surface area contributed by atoms with Crippen LogP contribution in [0, 0.1) is 11.3 Å². The summed E-state index contributed by atoms with van der Waals surface area (Å²) in [6.07, 6.45) is -1.84. The summed E-state index contributed by atoms with van der Waals surface area (Å²) in [5.41, 5.74) is -5.89. The number of para-hydroxylation sites is 1. The first-order valence-corrected chi connectivity index (χ1v) is 15.7. The molecule has 2 aromatic rings. The molecule has 0 radical (unpaired) electrons. The van der Waals surface area contributed by atoms with Gasteiger partial charge < -0.3 is 33.5 Å². The molecule has 5 rings (SSSR count). The molecule has 1 N–H and O–H groups in total. The zero-order valence-corrected chi connectivity index (χ0v) is 27.5. The number of hydrogen-bond donors (Lipinski definition) is 1. The second kappa shape index (κ2) is 12.8. The van der Waals surface area contributed by atoms with E-state index in [0.717, 1.165) is 5.56 Å². The predicted octanol–water partition coefficient (Wildman–Crippen LogP) is 4.19. The fraction of sp³-hybridized carbons (Fsp3) is 0.500. The highest BCUT2D eigenvalue weighted by Gasteiger charge is 2.87. The van der Waals surface area contributed by atoms with Crippen molar-refractivity contribution in [1.82, 2.24) is 0 Å². The van der Waals surface area contributed by atoms with Crippen LogP contribution in [0.2, 0.25) is 0 Å². The van der Waals surface area contributed by atoms with E-state index in [-0.39, 0.29) is 12.8 Å². The average molecular weight is 651 g/mol. The zero-order valence-electron chi connectivity index (χ0n) is 27.5. The lowest BCUT2D eigenvalue weighted by molar-refractivity contribution is -0.346. The Morgan fingerprint density at radius 3 is 2.06 bits per heavy atom. The van der Waals surface area contributed by atoms with Crippen molar-refractivity contribution in [2.75, 3.05) is 6.61 Å². The summed E-state index contributed by atoms with van der Waals surface area (Å²) in [5, 5.41) is 12.5. The number of fused-ring (bicyclic) bond motifs is 1. The number of ether oxygens (including phenoxy) is 6. The first-order valence-electron chi connectivity index (χ1n) is 15.7. The summed E-state index contributed by atoms with van der Waals surface area (Å²) in [6.45, 7) is 8.24. The zero-order chi connectivity index (χ0) is 34.2. The van der Waals surface area contributed by atoms with Gasteiger partial charge in [0.05, 0.1) is 17.1 Å². The summed E-state index contributed by atoms with van der Waals surface area (Å²) in [4.78, 5) is 51.8. The van der Waals surface area contributed by atoms with E-state index in [1.54, 1.807) is 57.2 Å². The van der Waals surface area contributed by atoms with Gasteiger partial charge in [-0.1, -0.05) is 48.5 Å². The lowest BCUT2D eigenvalue weighted by atomic mass is 9.46. The number of carbonyl (C=O) groups is 4. The van der Waals surface area contributed by atoms with Gasteiger partial charge in [0.2, 0.25) is 0 Å². The SMILES string of the molecule is CC(=O)OCC12[C@@H](OC(=O)/C=C/c3ccccc3)CC[C@](C)(O)C13OC(C)(C)C(C3OC(C)=O)[C@@H](OC(C)=O)[C@H]2Oc1ccccc1. The van der Waals surface area contributed by atoms with Gasteiger partial charge in [-0.3, -0.25) is 14.4 Å². The monoisotopic (exact) mass is 650 g/mol. The molecule has 1 heterocycles. The maximum absolute atomic E-state index is 13.6. The van der Waals surface area contributed by atoms with Crippen LogP contribution in [0.3, 0.4) is 0 Å². The van der Waals surface area contributed by atoms with E-state index in [9.17, 15) is 24.3 Å². The van der Waals surface area contributed by atoms with Crippen LogP contribution in [0.15, 0.2) is 66.7 Å². The van der Waals surface area contributed by atoms with Crippen LogP contribution in [0.4, 0.5) is 0 Å². The van der Waals surface area contributed by atoms with Crippen LogP contribution in [0.5, 0.6) is 5.75 Å². The highest BCUT2D eigenvalue weighted by Crippen LogP contribution is 2.69. The van der Waals surface area contributed by atoms with E-state index >= 15 is 0 Å². The first-order chi connectivity index (χ1) is 22.1. The van der Waals surface area contributed by atoms with Crippen molar-refractivity contribution >= 4 is 30.0 Å². The van der Waals surface area contributed by atoms with Crippen molar-refractivity contribution in [3.05, 3.63) is 72.3 Å². The van der Waals surface area contributed by atoms with Crippen LogP contribution in [-0.4, -0.2) is 76.8 Å². The van der Waals surface area contributed by atoms with E-state index in [1.165, 1.54) is 26.8 Å². The molecular formula is C36H42O11. The van der Waals surface area contributed by atoms with Gasteiger partial charge in [-0.25, -0.2) is 4.79 Å². The summed E-state index contributed by atoms with van der Waals surface area (Å²) in [5.74, 6) is -3.21. The van der Waals surface area contributed by atoms with Crippen molar-refractivity contribution in [1.29, 1.82) is 0 Å². The molecule has 1 saturated heterocycles. The molecule has 0 aromatic heterocycles. The summed E-state index contributed by atoms with van der Waals surface area (Å²) in [7, 11) is 0. The van der Waals surface area contributed by atoms with E-state index in [4.69, 9.17) is 28.4 Å². The summed E-state index contributed by atoms with van der Waals surface area (Å²) < 4.78 is 37.8. The van der Waals surface area contributed by atoms with E-state index in [2.05, 4.69) is 0 Å². The molecule has 11 nitrogen and oxygen atoms in total. The molecule has 8 atom stereocenters. The van der Waals surface area contributed by atoms with Gasteiger partial charge in [-0.15, -0.1) is 0 Å². The van der Waals surface area contributed by atoms with Gasteiger partial charge in [-0.05, 0) is 57.4 Å². The van der Waals surface area contributed by atoms with E-state index < -0.39 is 83.0 Å². The minimum absolute atomic E-state index is 0.0476. The largest absolute Gasteiger partial charge is 0.486 e. The Morgan fingerprint density at radius 2 is 1.47 bits per heavy atom. The molecule has 11 heteroatoms. The second-order valence-corrected chi connectivity index (χ2v) is 13.2. The third-order valence-corrected chi connectivity index (χ3v) is 9.66. The minimum atomic E-state index is -1.89. The number of carbonyl (C=O) groups excluding carboxylic acids is 4. The van der Waals surface area contributed by atoms with Gasteiger partial charge in [0, 0.05) is 26.8 Å². The highest BCUT2D eigenvalue weighted by molar-refractivity contribution is 5.87. The van der Waals surface area contributed by atoms with Crippen molar-refractivity contribution in [2.45, 2.75) is 95.6 Å². The number of hydrogen-bond acceptors (Lipinski definition) is 11. The van der Waals surface area contributed by atoms with Crippen molar-refractivity contribution < 1.29 is 52.7 Å². The molecular weight excluding hydrogens is 608 g/mol. The Balaban J connectivity index is 1.78. The number of benzene rings is 2. The minimum Gasteiger partial charge on any atom is -0.486 e. The molecule has 252 valence electrons. The molecule has 1 spiro atoms. The van der Waals surface area contributed by atoms with Gasteiger partial charge in [0.1, 0.15) is 36.1 Å². The Kier molecular flexibility index (Phi) is 9.27. The van der Waals surface area contributed by atoms with Crippen LogP contribution in [0.1, 0.15) is 59.9 Å².